The van der Waals surface area contributed by atoms with E-state index in [1.807, 2.05) is 31.2 Å². The molecule has 2 aromatic rings. The van der Waals surface area contributed by atoms with Crippen LogP contribution in [-0.4, -0.2) is 21.9 Å². The zero-order valence-electron chi connectivity index (χ0n) is 9.74. The van der Waals surface area contributed by atoms with E-state index in [1.54, 1.807) is 6.07 Å². The normalized spacial score (nSPS) is 10.3. The molecule has 0 atom stereocenters. The van der Waals surface area contributed by atoms with Crippen LogP contribution in [-0.2, 0) is 4.79 Å². The van der Waals surface area contributed by atoms with Gasteiger partial charge in [0.2, 0.25) is 5.91 Å². The molecule has 0 bridgehead atoms. The molecule has 0 fully saturated rings. The van der Waals surface area contributed by atoms with Crippen molar-refractivity contribution < 1.29 is 4.79 Å². The molecular weight excluding hydrogens is 314 g/mol. The predicted octanol–water partition coefficient (Wildman–Crippen LogP) is 3.21. The van der Waals surface area contributed by atoms with Crippen molar-refractivity contribution >= 4 is 39.4 Å². The summed E-state index contributed by atoms with van der Waals surface area (Å²) in [5.41, 5.74) is 0.922. The Balaban J connectivity index is 1.83. The first-order valence-electron chi connectivity index (χ1n) is 5.34. The lowest BCUT2D eigenvalue weighted by molar-refractivity contribution is -0.113. The lowest BCUT2D eigenvalue weighted by Crippen LogP contribution is -2.14. The first-order chi connectivity index (χ1) is 8.63. The van der Waals surface area contributed by atoms with E-state index in [2.05, 4.69) is 31.4 Å². The maximum Gasteiger partial charge on any atom is 0.235 e. The number of rotatable bonds is 4. The molecule has 4 nitrogen and oxygen atoms in total. The summed E-state index contributed by atoms with van der Waals surface area (Å²) in [6.07, 6.45) is 0. The molecule has 2 N–H and O–H groups in total. The lowest BCUT2D eigenvalue weighted by atomic mass is 10.4. The van der Waals surface area contributed by atoms with E-state index in [1.165, 1.54) is 11.8 Å². The molecule has 1 aromatic heterocycles. The van der Waals surface area contributed by atoms with Gasteiger partial charge in [-0.1, -0.05) is 15.9 Å². The van der Waals surface area contributed by atoms with Gasteiger partial charge in [0.15, 0.2) is 5.82 Å². The van der Waals surface area contributed by atoms with Crippen molar-refractivity contribution in [3.63, 3.8) is 0 Å². The highest BCUT2D eigenvalue weighted by molar-refractivity contribution is 9.10. The van der Waals surface area contributed by atoms with Crippen LogP contribution in [0.4, 0.5) is 5.82 Å². The van der Waals surface area contributed by atoms with Gasteiger partial charge in [-0.05, 0) is 31.2 Å². The van der Waals surface area contributed by atoms with Crippen molar-refractivity contribution in [2.45, 2.75) is 11.8 Å². The number of aryl methyl sites for hydroxylation is 1. The van der Waals surface area contributed by atoms with Crippen LogP contribution in [0, 0.1) is 6.92 Å². The van der Waals surface area contributed by atoms with E-state index in [9.17, 15) is 4.79 Å². The Labute approximate surface area is 118 Å². The molecule has 1 aromatic carbocycles. The number of amides is 1. The predicted molar refractivity (Wildman–Crippen MR) is 76.8 cm³/mol. The first kappa shape index (κ1) is 13.2. The highest BCUT2D eigenvalue weighted by atomic mass is 79.9. The Morgan fingerprint density at radius 2 is 2.17 bits per heavy atom. The second-order valence-electron chi connectivity index (χ2n) is 3.73. The van der Waals surface area contributed by atoms with E-state index < -0.39 is 0 Å². The fourth-order valence-electron chi connectivity index (χ4n) is 1.34. The molecule has 0 saturated heterocycles. The first-order valence-corrected chi connectivity index (χ1v) is 7.11. The number of aromatic amines is 1. The van der Waals surface area contributed by atoms with Gasteiger partial charge in [-0.3, -0.25) is 9.89 Å². The minimum Gasteiger partial charge on any atom is -0.308 e. The van der Waals surface area contributed by atoms with Gasteiger partial charge in [0.1, 0.15) is 0 Å². The summed E-state index contributed by atoms with van der Waals surface area (Å²) in [4.78, 5) is 12.7. The van der Waals surface area contributed by atoms with E-state index in [0.29, 0.717) is 11.6 Å². The third-order valence-electron chi connectivity index (χ3n) is 2.16. The number of carbonyl (C=O) groups is 1. The number of nitrogens with one attached hydrogen (secondary N) is 2. The Kier molecular flexibility index (Phi) is 4.43. The number of halogens is 1. The van der Waals surface area contributed by atoms with E-state index in [-0.39, 0.29) is 5.91 Å². The van der Waals surface area contributed by atoms with Crippen LogP contribution < -0.4 is 5.32 Å². The molecular formula is C12H12BrN3OS. The molecule has 1 heterocycles. The zero-order valence-corrected chi connectivity index (χ0v) is 12.1. The van der Waals surface area contributed by atoms with Crippen LogP contribution in [0.15, 0.2) is 39.7 Å². The van der Waals surface area contributed by atoms with Crippen LogP contribution in [0.2, 0.25) is 0 Å². The molecule has 2 rings (SSSR count). The van der Waals surface area contributed by atoms with Crippen molar-refractivity contribution in [1.82, 2.24) is 10.2 Å². The van der Waals surface area contributed by atoms with Crippen LogP contribution in [0.5, 0.6) is 0 Å². The summed E-state index contributed by atoms with van der Waals surface area (Å²) in [6.45, 7) is 1.89. The molecule has 18 heavy (non-hydrogen) atoms. The summed E-state index contributed by atoms with van der Waals surface area (Å²) in [7, 11) is 0. The van der Waals surface area contributed by atoms with Gasteiger partial charge in [0.05, 0.1) is 5.75 Å². The fourth-order valence-corrected chi connectivity index (χ4v) is 2.30. The standard InChI is InChI=1S/C12H12BrN3OS/c1-8-6-11(16-15-8)14-12(17)7-18-10-4-2-9(13)3-5-10/h2-6H,7H2,1H3,(H2,14,15,16,17). The number of thioether (sulfide) groups is 1. The molecule has 94 valence electrons. The second kappa shape index (κ2) is 6.06. The molecule has 0 unspecified atom stereocenters. The van der Waals surface area contributed by atoms with Gasteiger partial charge in [0.25, 0.3) is 0 Å². The Hall–Kier alpha value is -1.27. The van der Waals surface area contributed by atoms with Crippen molar-refractivity contribution in [3.05, 3.63) is 40.5 Å². The number of hydrogen-bond donors (Lipinski definition) is 2. The monoisotopic (exact) mass is 325 g/mol. The molecule has 6 heteroatoms. The number of carbonyl (C=O) groups excluding carboxylic acids is 1. The summed E-state index contributed by atoms with van der Waals surface area (Å²) >= 11 is 4.86. The van der Waals surface area contributed by atoms with Crippen LogP contribution in [0.25, 0.3) is 0 Å². The Bertz CT molecular complexity index is 539. The van der Waals surface area contributed by atoms with E-state index in [0.717, 1.165) is 15.1 Å². The van der Waals surface area contributed by atoms with Crippen molar-refractivity contribution in [2.75, 3.05) is 11.1 Å². The Morgan fingerprint density at radius 3 is 2.78 bits per heavy atom. The lowest BCUT2D eigenvalue weighted by Gasteiger charge is -2.02. The number of nitrogens with zero attached hydrogens (tertiary/aromatic N) is 1. The summed E-state index contributed by atoms with van der Waals surface area (Å²) in [5, 5.41) is 9.46. The van der Waals surface area contributed by atoms with Crippen LogP contribution >= 0.6 is 27.7 Å². The largest absolute Gasteiger partial charge is 0.308 e. The van der Waals surface area contributed by atoms with Crippen molar-refractivity contribution in [3.8, 4) is 0 Å². The minimum absolute atomic E-state index is 0.0607. The van der Waals surface area contributed by atoms with E-state index >= 15 is 0 Å². The molecule has 0 aliphatic heterocycles. The van der Waals surface area contributed by atoms with Gasteiger partial charge < -0.3 is 5.32 Å². The van der Waals surface area contributed by atoms with Gasteiger partial charge in [-0.25, -0.2) is 0 Å². The summed E-state index contributed by atoms with van der Waals surface area (Å²) in [5.74, 6) is 0.872. The molecule has 0 aliphatic rings. The number of H-pyrrole nitrogens is 1. The summed E-state index contributed by atoms with van der Waals surface area (Å²) < 4.78 is 1.03. The van der Waals surface area contributed by atoms with Crippen LogP contribution in [0.3, 0.4) is 0 Å². The van der Waals surface area contributed by atoms with Crippen LogP contribution in [0.1, 0.15) is 5.69 Å². The smallest absolute Gasteiger partial charge is 0.235 e. The van der Waals surface area contributed by atoms with Crippen molar-refractivity contribution in [2.24, 2.45) is 0 Å². The molecule has 0 radical (unpaired) electrons. The highest BCUT2D eigenvalue weighted by Crippen LogP contribution is 2.20. The third-order valence-corrected chi connectivity index (χ3v) is 3.70. The quantitative estimate of drug-likeness (QED) is 0.848. The van der Waals surface area contributed by atoms with Crippen molar-refractivity contribution in [1.29, 1.82) is 0 Å². The number of benzene rings is 1. The fraction of sp³-hybridized carbons (Fsp3) is 0.167. The maximum atomic E-state index is 11.7. The average Bonchev–Trinajstić information content (AvgIpc) is 2.74. The molecule has 0 aliphatic carbocycles. The second-order valence-corrected chi connectivity index (χ2v) is 5.69. The topological polar surface area (TPSA) is 57.8 Å². The van der Waals surface area contributed by atoms with Gasteiger partial charge in [-0.15, -0.1) is 11.8 Å². The molecule has 0 saturated carbocycles. The maximum absolute atomic E-state index is 11.7. The number of anilines is 1. The highest BCUT2D eigenvalue weighted by Gasteiger charge is 2.05. The SMILES string of the molecule is Cc1cc(NC(=O)CSc2ccc(Br)cc2)n[nH]1. The molecule has 1 amide bonds. The number of aromatic nitrogens is 2. The zero-order chi connectivity index (χ0) is 13.0. The summed E-state index contributed by atoms with van der Waals surface area (Å²) in [6, 6.07) is 9.65. The third kappa shape index (κ3) is 3.89. The van der Waals surface area contributed by atoms with Gasteiger partial charge >= 0.3 is 0 Å². The Morgan fingerprint density at radius 1 is 1.44 bits per heavy atom. The average molecular weight is 326 g/mol. The number of hydrogen-bond acceptors (Lipinski definition) is 3. The van der Waals surface area contributed by atoms with Gasteiger partial charge in [0, 0.05) is 21.1 Å². The van der Waals surface area contributed by atoms with Gasteiger partial charge in [-0.2, -0.15) is 5.10 Å². The molecule has 0 spiro atoms. The minimum atomic E-state index is -0.0607. The van der Waals surface area contributed by atoms with E-state index in [4.69, 9.17) is 0 Å².